The number of carbonyl (C=O) groups excluding carboxylic acids is 2. The van der Waals surface area contributed by atoms with Gasteiger partial charge in [-0.3, -0.25) is 9.59 Å². The Balaban J connectivity index is -0.00000000750. The molecule has 0 saturated heterocycles. The quantitative estimate of drug-likeness (QED) is 0.197. The molecule has 0 aromatic carbocycles. The van der Waals surface area contributed by atoms with Crippen LogP contribution in [0.5, 0.6) is 0 Å². The molecule has 0 radical (unpaired) electrons. The standard InChI is InChI=1S/C2H2O2.K.Na.2H/c3-1-2-4;;;;/h1-2H;;;;/q;2*+1;2*-1. The van der Waals surface area contributed by atoms with Crippen LogP contribution in [0.15, 0.2) is 0 Å². The minimum Gasteiger partial charge on any atom is -1.00 e. The summed E-state index contributed by atoms with van der Waals surface area (Å²) in [5.41, 5.74) is 0. The molecule has 0 aromatic heterocycles. The molecular formula is C2H4KNaO2. The third-order valence-electron chi connectivity index (χ3n) is 0.0556. The number of rotatable bonds is 1. The Labute approximate surface area is 104 Å². The first-order valence-electron chi connectivity index (χ1n) is 0.805. The predicted octanol–water partition coefficient (Wildman–Crippen LogP) is -6.38. The van der Waals surface area contributed by atoms with Gasteiger partial charge in [0, 0.05) is 0 Å². The molecular weight excluding hydrogens is 118 g/mol. The molecule has 0 N–H and O–H groups in total. The zero-order valence-corrected chi connectivity index (χ0v) is 9.09. The van der Waals surface area contributed by atoms with Gasteiger partial charge in [0.2, 0.25) is 0 Å². The van der Waals surface area contributed by atoms with Gasteiger partial charge in [-0.05, 0) is 0 Å². The summed E-state index contributed by atoms with van der Waals surface area (Å²) in [4.78, 5) is 17.6. The summed E-state index contributed by atoms with van der Waals surface area (Å²) in [5.74, 6) is 0. The zero-order chi connectivity index (χ0) is 3.41. The van der Waals surface area contributed by atoms with Crippen molar-refractivity contribution in [2.75, 3.05) is 0 Å². The van der Waals surface area contributed by atoms with E-state index in [9.17, 15) is 0 Å². The SMILES string of the molecule is O=CC=O.[H-].[H-].[K+].[Na+]. The van der Waals surface area contributed by atoms with Crippen LogP contribution in [0, 0.1) is 0 Å². The van der Waals surface area contributed by atoms with E-state index in [1.165, 1.54) is 0 Å². The molecule has 0 aromatic rings. The molecule has 0 aliphatic heterocycles. The molecule has 0 heterocycles. The van der Waals surface area contributed by atoms with Crippen LogP contribution in [-0.2, 0) is 9.59 Å². The Hall–Kier alpha value is 1.98. The zero-order valence-electron chi connectivity index (χ0n) is 5.97. The molecule has 0 amide bonds. The van der Waals surface area contributed by atoms with E-state index in [1.54, 1.807) is 0 Å². The summed E-state index contributed by atoms with van der Waals surface area (Å²) in [7, 11) is 0. The van der Waals surface area contributed by atoms with Crippen LogP contribution >= 0.6 is 0 Å². The molecule has 0 rings (SSSR count). The van der Waals surface area contributed by atoms with Crippen molar-refractivity contribution in [3.8, 4) is 0 Å². The summed E-state index contributed by atoms with van der Waals surface area (Å²) in [6, 6.07) is 0. The van der Waals surface area contributed by atoms with Crippen LogP contribution in [0.2, 0.25) is 0 Å². The molecule has 6 heavy (non-hydrogen) atoms. The third kappa shape index (κ3) is 16.7. The first-order chi connectivity index (χ1) is 1.91. The molecule has 0 spiro atoms. The minimum atomic E-state index is 0. The third-order valence-corrected chi connectivity index (χ3v) is 0.0556. The molecule has 0 aliphatic carbocycles. The van der Waals surface area contributed by atoms with Gasteiger partial charge < -0.3 is 2.85 Å². The van der Waals surface area contributed by atoms with E-state index in [-0.39, 0.29) is 96.4 Å². The van der Waals surface area contributed by atoms with Crippen LogP contribution in [0.3, 0.4) is 0 Å². The second kappa shape index (κ2) is 15.8. The fourth-order valence-corrected chi connectivity index (χ4v) is 0. The van der Waals surface area contributed by atoms with Gasteiger partial charge in [0.05, 0.1) is 0 Å². The molecule has 2 nitrogen and oxygen atoms in total. The van der Waals surface area contributed by atoms with Crippen molar-refractivity contribution in [1.29, 1.82) is 0 Å². The molecule has 0 unspecified atom stereocenters. The van der Waals surface area contributed by atoms with Gasteiger partial charge in [-0.2, -0.15) is 0 Å². The van der Waals surface area contributed by atoms with Crippen molar-refractivity contribution in [2.24, 2.45) is 0 Å². The summed E-state index contributed by atoms with van der Waals surface area (Å²) >= 11 is 0. The Morgan fingerprint density at radius 3 is 1.33 bits per heavy atom. The molecule has 0 saturated carbocycles. The Kier molecular flexibility index (Phi) is 41.2. The molecule has 4 heteroatoms. The van der Waals surface area contributed by atoms with Gasteiger partial charge in [-0.15, -0.1) is 0 Å². The Morgan fingerprint density at radius 1 is 1.17 bits per heavy atom. The Morgan fingerprint density at radius 2 is 1.33 bits per heavy atom. The fourth-order valence-electron chi connectivity index (χ4n) is 0. The van der Waals surface area contributed by atoms with Gasteiger partial charge in [-0.1, -0.05) is 0 Å². The van der Waals surface area contributed by atoms with E-state index in [0.717, 1.165) is 0 Å². The average molecular weight is 122 g/mol. The van der Waals surface area contributed by atoms with Crippen molar-refractivity contribution < 1.29 is 93.4 Å². The summed E-state index contributed by atoms with van der Waals surface area (Å²) in [6.07, 6.45) is 0.389. The summed E-state index contributed by atoms with van der Waals surface area (Å²) in [5, 5.41) is 0. The van der Waals surface area contributed by atoms with Crippen molar-refractivity contribution in [2.45, 2.75) is 0 Å². The largest absolute Gasteiger partial charge is 1.00 e. The van der Waals surface area contributed by atoms with Gasteiger partial charge in [0.25, 0.3) is 0 Å². The van der Waals surface area contributed by atoms with E-state index >= 15 is 0 Å². The first-order valence-corrected chi connectivity index (χ1v) is 0.805. The maximum Gasteiger partial charge on any atom is 1.00 e. The summed E-state index contributed by atoms with van der Waals surface area (Å²) < 4.78 is 0. The van der Waals surface area contributed by atoms with Gasteiger partial charge >= 0.3 is 80.9 Å². The molecule has 0 bridgehead atoms. The second-order valence-electron chi connectivity index (χ2n) is 0.272. The van der Waals surface area contributed by atoms with Gasteiger partial charge in [-0.25, -0.2) is 0 Å². The van der Waals surface area contributed by atoms with Crippen molar-refractivity contribution in [3.05, 3.63) is 0 Å². The van der Waals surface area contributed by atoms with E-state index in [0.29, 0.717) is 0 Å². The average Bonchev–Trinajstić information content (AvgIpc) is 1.37. The van der Waals surface area contributed by atoms with Crippen molar-refractivity contribution in [1.82, 2.24) is 0 Å². The first kappa shape index (κ1) is 15.7. The number of hydrogen-bond donors (Lipinski definition) is 0. The van der Waals surface area contributed by atoms with Crippen LogP contribution in [0.1, 0.15) is 2.85 Å². The van der Waals surface area contributed by atoms with Crippen LogP contribution in [0.25, 0.3) is 0 Å². The van der Waals surface area contributed by atoms with E-state index in [2.05, 4.69) is 0 Å². The summed E-state index contributed by atoms with van der Waals surface area (Å²) in [6.45, 7) is 0. The number of carbonyl (C=O) groups is 2. The van der Waals surface area contributed by atoms with Crippen molar-refractivity contribution in [3.63, 3.8) is 0 Å². The van der Waals surface area contributed by atoms with Gasteiger partial charge in [0.15, 0.2) is 12.6 Å². The number of hydrogen-bond acceptors (Lipinski definition) is 2. The minimum absolute atomic E-state index is 0. The topological polar surface area (TPSA) is 34.1 Å². The molecule has 0 fully saturated rings. The molecule has 0 atom stereocenters. The van der Waals surface area contributed by atoms with E-state index < -0.39 is 0 Å². The van der Waals surface area contributed by atoms with Crippen LogP contribution < -0.4 is 80.9 Å². The van der Waals surface area contributed by atoms with Crippen LogP contribution in [0.4, 0.5) is 0 Å². The maximum atomic E-state index is 8.81. The molecule has 0 aliphatic rings. The monoisotopic (exact) mass is 122 g/mol. The fraction of sp³-hybridized carbons (Fsp3) is 0. The number of aldehydes is 2. The van der Waals surface area contributed by atoms with Gasteiger partial charge in [0.1, 0.15) is 0 Å². The second-order valence-corrected chi connectivity index (χ2v) is 0.272. The smallest absolute Gasteiger partial charge is 1.00 e. The van der Waals surface area contributed by atoms with Crippen molar-refractivity contribution >= 4 is 12.6 Å². The normalized spacial score (nSPS) is 3.33. The van der Waals surface area contributed by atoms with E-state index in [4.69, 9.17) is 9.59 Å². The molecule has 26 valence electrons. The van der Waals surface area contributed by atoms with Crippen LogP contribution in [-0.4, -0.2) is 12.6 Å². The maximum absolute atomic E-state index is 8.81. The Bertz CT molecular complexity index is 39.0. The predicted molar refractivity (Wildman–Crippen MR) is 14.4 cm³/mol. The van der Waals surface area contributed by atoms with E-state index in [1.807, 2.05) is 0 Å².